The predicted octanol–water partition coefficient (Wildman–Crippen LogP) is 10.8. The lowest BCUT2D eigenvalue weighted by atomic mass is 9.91. The SMILES string of the molecule is C[Si](C)(C)c1ccc(N(c2c(O)cc(O)cc2O)c2ccc3ccc4c(N(c5ccc([Si](C)(C)C)cc5)c5c(O)cc(O)cc5O)ccc5ccc2c3c54)cc1. The van der Waals surface area contributed by atoms with Crippen molar-refractivity contribution >= 4 is 93.0 Å². The lowest BCUT2D eigenvalue weighted by Gasteiger charge is -2.30. The van der Waals surface area contributed by atoms with E-state index in [1.807, 2.05) is 82.6 Å². The lowest BCUT2D eigenvalue weighted by molar-refractivity contribution is 0.428. The molecule has 8 aromatic carbocycles. The third kappa shape index (κ3) is 6.16. The molecule has 0 heterocycles. The van der Waals surface area contributed by atoms with E-state index < -0.39 is 16.1 Å². The molecule has 0 fully saturated rings. The largest absolute Gasteiger partial charge is 0.508 e. The lowest BCUT2D eigenvalue weighted by Crippen LogP contribution is -2.37. The van der Waals surface area contributed by atoms with E-state index in [0.717, 1.165) is 32.3 Å². The molecule has 0 spiro atoms. The van der Waals surface area contributed by atoms with Gasteiger partial charge in [0.2, 0.25) is 0 Å². The fraction of sp³-hybridized carbons (Fsp3) is 0.130. The highest BCUT2D eigenvalue weighted by Gasteiger charge is 2.28. The van der Waals surface area contributed by atoms with Crippen molar-refractivity contribution in [2.45, 2.75) is 39.3 Å². The minimum atomic E-state index is -1.65. The van der Waals surface area contributed by atoms with Gasteiger partial charge in [-0.3, -0.25) is 0 Å². The molecule has 0 unspecified atom stereocenters. The van der Waals surface area contributed by atoms with Gasteiger partial charge in [-0.1, -0.05) is 110 Å². The van der Waals surface area contributed by atoms with E-state index >= 15 is 0 Å². The second kappa shape index (κ2) is 13.1. The minimum absolute atomic E-state index is 0.130. The Balaban J connectivity index is 1.41. The summed E-state index contributed by atoms with van der Waals surface area (Å²) in [5.74, 6) is -1.65. The molecule has 0 aliphatic heterocycles. The Kier molecular flexibility index (Phi) is 8.59. The van der Waals surface area contributed by atoms with Crippen LogP contribution in [-0.4, -0.2) is 46.8 Å². The Bertz CT molecular complexity index is 2550. The number of nitrogens with zero attached hydrogens (tertiary/aromatic N) is 2. The third-order valence-electron chi connectivity index (χ3n) is 10.6. The van der Waals surface area contributed by atoms with Crippen molar-refractivity contribution in [3.8, 4) is 34.5 Å². The average molecular weight is 777 g/mol. The minimum Gasteiger partial charge on any atom is -0.508 e. The molecular weight excluding hydrogens is 733 g/mol. The van der Waals surface area contributed by atoms with Crippen molar-refractivity contribution in [3.63, 3.8) is 0 Å². The highest BCUT2D eigenvalue weighted by atomic mass is 28.3. The Hall–Kier alpha value is -6.37. The van der Waals surface area contributed by atoms with Crippen molar-refractivity contribution in [3.05, 3.63) is 121 Å². The maximum Gasteiger partial charge on any atom is 0.147 e. The van der Waals surface area contributed by atoms with E-state index in [2.05, 4.69) is 63.5 Å². The summed E-state index contributed by atoms with van der Waals surface area (Å²) in [7, 11) is -3.30. The van der Waals surface area contributed by atoms with Gasteiger partial charge in [0, 0.05) is 46.4 Å². The first kappa shape index (κ1) is 36.6. The first-order chi connectivity index (χ1) is 26.5. The summed E-state index contributed by atoms with van der Waals surface area (Å²) in [4.78, 5) is 3.65. The van der Waals surface area contributed by atoms with E-state index in [9.17, 15) is 30.6 Å². The number of hydrogen-bond donors (Lipinski definition) is 6. The molecule has 0 bridgehead atoms. The number of benzene rings is 8. The van der Waals surface area contributed by atoms with Crippen molar-refractivity contribution in [1.29, 1.82) is 0 Å². The molecule has 8 aromatic rings. The number of anilines is 6. The molecule has 0 atom stereocenters. The molecule has 0 aliphatic carbocycles. The topological polar surface area (TPSA) is 128 Å². The van der Waals surface area contributed by atoms with Gasteiger partial charge in [0.15, 0.2) is 0 Å². The van der Waals surface area contributed by atoms with Crippen molar-refractivity contribution in [2.75, 3.05) is 9.80 Å². The van der Waals surface area contributed by atoms with Gasteiger partial charge in [0.05, 0.1) is 27.5 Å². The molecule has 0 radical (unpaired) electrons. The van der Waals surface area contributed by atoms with Crippen LogP contribution < -0.4 is 20.2 Å². The smallest absolute Gasteiger partial charge is 0.147 e. The summed E-state index contributed by atoms with van der Waals surface area (Å²) in [6.45, 7) is 13.7. The van der Waals surface area contributed by atoms with E-state index in [-0.39, 0.29) is 45.9 Å². The van der Waals surface area contributed by atoms with Gasteiger partial charge in [-0.05, 0) is 57.9 Å². The molecule has 282 valence electrons. The van der Waals surface area contributed by atoms with Crippen LogP contribution in [0.25, 0.3) is 32.3 Å². The average Bonchev–Trinajstić information content (AvgIpc) is 3.13. The van der Waals surface area contributed by atoms with Gasteiger partial charge in [-0.2, -0.15) is 0 Å². The summed E-state index contributed by atoms with van der Waals surface area (Å²) in [6, 6.07) is 37.4. The highest BCUT2D eigenvalue weighted by Crippen LogP contribution is 2.53. The monoisotopic (exact) mass is 776 g/mol. The van der Waals surface area contributed by atoms with Crippen LogP contribution in [0.3, 0.4) is 0 Å². The summed E-state index contributed by atoms with van der Waals surface area (Å²) >= 11 is 0. The van der Waals surface area contributed by atoms with E-state index in [1.54, 1.807) is 0 Å². The summed E-state index contributed by atoms with van der Waals surface area (Å²) in [5.41, 5.74) is 3.08. The maximum atomic E-state index is 11.3. The number of aromatic hydroxyl groups is 6. The van der Waals surface area contributed by atoms with Crippen molar-refractivity contribution in [2.24, 2.45) is 0 Å². The van der Waals surface area contributed by atoms with Crippen molar-refractivity contribution in [1.82, 2.24) is 0 Å². The second-order valence-electron chi connectivity index (χ2n) is 16.5. The van der Waals surface area contributed by atoms with Crippen LogP contribution in [0.4, 0.5) is 34.1 Å². The zero-order chi connectivity index (χ0) is 39.8. The Morgan fingerprint density at radius 1 is 0.375 bits per heavy atom. The molecule has 0 amide bonds. The Labute approximate surface area is 327 Å². The molecule has 0 saturated heterocycles. The van der Waals surface area contributed by atoms with E-state index in [4.69, 9.17) is 0 Å². The van der Waals surface area contributed by atoms with Crippen LogP contribution in [-0.2, 0) is 0 Å². The number of hydrogen-bond acceptors (Lipinski definition) is 8. The quantitative estimate of drug-likeness (QED) is 0.0665. The fourth-order valence-electron chi connectivity index (χ4n) is 7.80. The Morgan fingerprint density at radius 2 is 0.679 bits per heavy atom. The zero-order valence-electron chi connectivity index (χ0n) is 32.1. The maximum absolute atomic E-state index is 11.3. The standard InChI is InChI=1S/C46H44N2O6Si2/c1-55(2,3)33-15-11-29(12-16-33)47(45-39(51)23-31(49)24-40(45)52)37-21-9-27-8-20-36-38(22-10-28-7-19-35(37)43(27)44(28)36)48(46-41(53)25-32(50)26-42(46)54)30-13-17-34(18-14-30)56(4,5)6/h7-26,49-54H,1-6H3. The predicted molar refractivity (Wildman–Crippen MR) is 235 cm³/mol. The fourth-order valence-corrected chi connectivity index (χ4v) is 10.1. The summed E-state index contributed by atoms with van der Waals surface area (Å²) in [6.07, 6.45) is 0. The van der Waals surface area contributed by atoms with Gasteiger partial charge in [-0.25, -0.2) is 0 Å². The van der Waals surface area contributed by atoms with Crippen LogP contribution >= 0.6 is 0 Å². The molecule has 8 nitrogen and oxygen atoms in total. The summed E-state index contributed by atoms with van der Waals surface area (Å²) in [5, 5.41) is 73.8. The molecule has 10 heteroatoms. The van der Waals surface area contributed by atoms with Gasteiger partial charge in [0.25, 0.3) is 0 Å². The number of phenolic OH excluding ortho intramolecular Hbond substituents is 6. The first-order valence-electron chi connectivity index (χ1n) is 18.5. The van der Waals surface area contributed by atoms with E-state index in [1.165, 1.54) is 34.6 Å². The van der Waals surface area contributed by atoms with Gasteiger partial charge in [-0.15, -0.1) is 0 Å². The number of rotatable bonds is 8. The zero-order valence-corrected chi connectivity index (χ0v) is 34.1. The number of phenols is 6. The molecule has 56 heavy (non-hydrogen) atoms. The molecule has 8 rings (SSSR count). The Morgan fingerprint density at radius 3 is 0.982 bits per heavy atom. The molecule has 0 aromatic heterocycles. The van der Waals surface area contributed by atoms with Crippen LogP contribution in [0.15, 0.2) is 121 Å². The highest BCUT2D eigenvalue weighted by molar-refractivity contribution is 6.89. The van der Waals surface area contributed by atoms with Gasteiger partial charge in [0.1, 0.15) is 45.9 Å². The molecular formula is C46H44N2O6Si2. The molecule has 6 N–H and O–H groups in total. The molecule has 0 aliphatic rings. The normalized spacial score (nSPS) is 12.2. The van der Waals surface area contributed by atoms with E-state index in [0.29, 0.717) is 22.7 Å². The van der Waals surface area contributed by atoms with Crippen LogP contribution in [0.5, 0.6) is 34.5 Å². The van der Waals surface area contributed by atoms with Crippen LogP contribution in [0.2, 0.25) is 39.3 Å². The summed E-state index contributed by atoms with van der Waals surface area (Å²) < 4.78 is 0. The van der Waals surface area contributed by atoms with Gasteiger partial charge < -0.3 is 40.4 Å². The second-order valence-corrected chi connectivity index (χ2v) is 26.7. The van der Waals surface area contributed by atoms with Crippen LogP contribution in [0, 0.1) is 0 Å². The van der Waals surface area contributed by atoms with Gasteiger partial charge >= 0.3 is 0 Å². The van der Waals surface area contributed by atoms with Crippen molar-refractivity contribution < 1.29 is 30.6 Å². The molecule has 0 saturated carbocycles. The van der Waals surface area contributed by atoms with Crippen LogP contribution in [0.1, 0.15) is 0 Å². The third-order valence-corrected chi connectivity index (χ3v) is 14.8. The first-order valence-corrected chi connectivity index (χ1v) is 25.5.